The molecule has 0 radical (unpaired) electrons. The van der Waals surface area contributed by atoms with Gasteiger partial charge in [0.05, 0.1) is 16.8 Å². The number of nitrogens with zero attached hydrogens (tertiary/aromatic N) is 3. The lowest BCUT2D eigenvalue weighted by Crippen LogP contribution is -2.46. The van der Waals surface area contributed by atoms with E-state index in [1.807, 2.05) is 56.3 Å². The van der Waals surface area contributed by atoms with E-state index >= 15 is 0 Å². The molecule has 3 aromatic rings. The molecule has 2 N–H and O–H groups in total. The maximum atomic E-state index is 12.4. The zero-order valence-corrected chi connectivity index (χ0v) is 19.2. The molecule has 1 saturated heterocycles. The summed E-state index contributed by atoms with van der Waals surface area (Å²) in [4.78, 5) is 24.1. The minimum atomic E-state index is -0.497. The Hall–Kier alpha value is -3.25. The van der Waals surface area contributed by atoms with Gasteiger partial charge in [0.15, 0.2) is 0 Å². The van der Waals surface area contributed by atoms with Gasteiger partial charge in [0.2, 0.25) is 11.9 Å². The van der Waals surface area contributed by atoms with Crippen LogP contribution in [0.5, 0.6) is 0 Å². The maximum absolute atomic E-state index is 12.4. The SMILES string of the molecule is Cc1ccc(/C=C/C(=O)Nc2ccc3nc(N4CCC(O)(C5CC5)CC4)nc(C)c3c2)cc1. The molecule has 170 valence electrons. The molecular formula is C27H30N4O2. The number of fused-ring (bicyclic) bond motifs is 1. The van der Waals surface area contributed by atoms with Gasteiger partial charge >= 0.3 is 0 Å². The van der Waals surface area contributed by atoms with E-state index in [9.17, 15) is 9.90 Å². The summed E-state index contributed by atoms with van der Waals surface area (Å²) < 4.78 is 0. The Balaban J connectivity index is 1.28. The first-order valence-electron chi connectivity index (χ1n) is 11.7. The van der Waals surface area contributed by atoms with Crippen molar-refractivity contribution in [2.45, 2.75) is 45.1 Å². The summed E-state index contributed by atoms with van der Waals surface area (Å²) in [6.45, 7) is 5.56. The molecule has 1 aliphatic carbocycles. The number of amides is 1. The molecule has 33 heavy (non-hydrogen) atoms. The van der Waals surface area contributed by atoms with Gasteiger partial charge in [0.1, 0.15) is 0 Å². The van der Waals surface area contributed by atoms with Gasteiger partial charge in [-0.1, -0.05) is 29.8 Å². The van der Waals surface area contributed by atoms with Crippen LogP contribution in [0.4, 0.5) is 11.6 Å². The van der Waals surface area contributed by atoms with E-state index in [-0.39, 0.29) is 5.91 Å². The summed E-state index contributed by atoms with van der Waals surface area (Å²) in [5.41, 5.74) is 4.13. The van der Waals surface area contributed by atoms with E-state index in [2.05, 4.69) is 10.2 Å². The smallest absolute Gasteiger partial charge is 0.248 e. The Morgan fingerprint density at radius 1 is 1.09 bits per heavy atom. The van der Waals surface area contributed by atoms with Crippen molar-refractivity contribution in [1.29, 1.82) is 0 Å². The summed E-state index contributed by atoms with van der Waals surface area (Å²) in [5, 5.41) is 14.7. The first-order valence-corrected chi connectivity index (χ1v) is 11.7. The molecule has 1 aliphatic heterocycles. The lowest BCUT2D eigenvalue weighted by molar-refractivity contribution is -0.111. The summed E-state index contributed by atoms with van der Waals surface area (Å²) in [6.07, 6.45) is 7.21. The molecule has 6 heteroatoms. The molecule has 1 aromatic heterocycles. The predicted molar refractivity (Wildman–Crippen MR) is 132 cm³/mol. The summed E-state index contributed by atoms with van der Waals surface area (Å²) in [7, 11) is 0. The summed E-state index contributed by atoms with van der Waals surface area (Å²) >= 11 is 0. The number of nitrogens with one attached hydrogen (secondary N) is 1. The fourth-order valence-electron chi connectivity index (χ4n) is 4.64. The van der Waals surface area contributed by atoms with Crippen molar-refractivity contribution in [3.8, 4) is 0 Å². The molecule has 2 aliphatic rings. The number of piperidine rings is 1. The van der Waals surface area contributed by atoms with Crippen LogP contribution in [0.25, 0.3) is 17.0 Å². The standard InChI is InChI=1S/C27H30N4O2/c1-18-3-5-20(6-4-18)7-12-25(32)29-22-10-11-24-23(17-22)19(2)28-26(30-24)31-15-13-27(33,14-16-31)21-8-9-21/h3-7,10-12,17,21,33H,8-9,13-16H2,1-2H3,(H,29,32)/b12-7+. The fourth-order valence-corrected chi connectivity index (χ4v) is 4.64. The molecule has 0 bridgehead atoms. The second kappa shape index (κ2) is 8.60. The second-order valence-electron chi connectivity index (χ2n) is 9.44. The average Bonchev–Trinajstić information content (AvgIpc) is 3.66. The van der Waals surface area contributed by atoms with Crippen LogP contribution < -0.4 is 10.2 Å². The second-order valence-corrected chi connectivity index (χ2v) is 9.44. The van der Waals surface area contributed by atoms with E-state index in [1.54, 1.807) is 12.2 Å². The number of carbonyl (C=O) groups is 1. The number of hydrogen-bond acceptors (Lipinski definition) is 5. The van der Waals surface area contributed by atoms with E-state index in [4.69, 9.17) is 9.97 Å². The molecule has 0 atom stereocenters. The van der Waals surface area contributed by atoms with Crippen LogP contribution in [0.1, 0.15) is 42.5 Å². The molecule has 5 rings (SSSR count). The van der Waals surface area contributed by atoms with Crippen LogP contribution in [0.2, 0.25) is 0 Å². The predicted octanol–water partition coefficient (Wildman–Crippen LogP) is 4.64. The number of aryl methyl sites for hydroxylation is 2. The van der Waals surface area contributed by atoms with Crippen molar-refractivity contribution >= 4 is 34.5 Å². The molecule has 0 spiro atoms. The molecule has 1 saturated carbocycles. The van der Waals surface area contributed by atoms with Gasteiger partial charge < -0.3 is 15.3 Å². The minimum absolute atomic E-state index is 0.179. The monoisotopic (exact) mass is 442 g/mol. The number of aromatic nitrogens is 2. The molecule has 2 heterocycles. The molecule has 0 unspecified atom stereocenters. The van der Waals surface area contributed by atoms with Crippen LogP contribution in [0.15, 0.2) is 48.5 Å². The molecule has 1 amide bonds. The highest BCUT2D eigenvalue weighted by Crippen LogP contribution is 2.45. The van der Waals surface area contributed by atoms with Crippen molar-refractivity contribution in [3.63, 3.8) is 0 Å². The van der Waals surface area contributed by atoms with Crippen molar-refractivity contribution in [1.82, 2.24) is 9.97 Å². The van der Waals surface area contributed by atoms with Crippen LogP contribution in [0, 0.1) is 19.8 Å². The third-order valence-corrected chi connectivity index (χ3v) is 6.90. The number of aliphatic hydroxyl groups is 1. The highest BCUT2D eigenvalue weighted by Gasteiger charge is 2.45. The Bertz CT molecular complexity index is 1210. The van der Waals surface area contributed by atoms with Gasteiger partial charge in [-0.3, -0.25) is 4.79 Å². The Labute approximate surface area is 194 Å². The highest BCUT2D eigenvalue weighted by atomic mass is 16.3. The van der Waals surface area contributed by atoms with Crippen molar-refractivity contribution in [2.24, 2.45) is 5.92 Å². The topological polar surface area (TPSA) is 78.4 Å². The van der Waals surface area contributed by atoms with Gasteiger partial charge in [-0.25, -0.2) is 9.97 Å². The Morgan fingerprint density at radius 3 is 2.52 bits per heavy atom. The molecular weight excluding hydrogens is 412 g/mol. The largest absolute Gasteiger partial charge is 0.389 e. The Kier molecular flexibility index (Phi) is 5.62. The number of carbonyl (C=O) groups excluding carboxylic acids is 1. The van der Waals surface area contributed by atoms with Gasteiger partial charge in [-0.2, -0.15) is 0 Å². The molecule has 2 fully saturated rings. The summed E-state index contributed by atoms with van der Waals surface area (Å²) in [5.74, 6) is 1.02. The summed E-state index contributed by atoms with van der Waals surface area (Å²) in [6, 6.07) is 13.7. The third kappa shape index (κ3) is 4.76. The molecule has 6 nitrogen and oxygen atoms in total. The minimum Gasteiger partial charge on any atom is -0.389 e. The van der Waals surface area contributed by atoms with Crippen molar-refractivity contribution < 1.29 is 9.90 Å². The van der Waals surface area contributed by atoms with Crippen molar-refractivity contribution in [3.05, 3.63) is 65.4 Å². The zero-order chi connectivity index (χ0) is 23.0. The van der Waals surface area contributed by atoms with Gasteiger partial charge in [-0.05, 0) is 75.3 Å². The average molecular weight is 443 g/mol. The maximum Gasteiger partial charge on any atom is 0.248 e. The van der Waals surface area contributed by atoms with Gasteiger partial charge in [0, 0.05) is 30.2 Å². The van der Waals surface area contributed by atoms with Gasteiger partial charge in [0.25, 0.3) is 0 Å². The molecule has 2 aromatic carbocycles. The first kappa shape index (κ1) is 21.6. The van der Waals surface area contributed by atoms with Gasteiger partial charge in [-0.15, -0.1) is 0 Å². The first-order chi connectivity index (χ1) is 15.9. The zero-order valence-electron chi connectivity index (χ0n) is 19.2. The Morgan fingerprint density at radius 2 is 1.82 bits per heavy atom. The van der Waals surface area contributed by atoms with Crippen LogP contribution >= 0.6 is 0 Å². The quantitative estimate of drug-likeness (QED) is 0.563. The number of anilines is 2. The highest BCUT2D eigenvalue weighted by molar-refractivity contribution is 6.03. The fraction of sp³-hybridized carbons (Fsp3) is 0.370. The number of benzene rings is 2. The number of rotatable bonds is 5. The third-order valence-electron chi connectivity index (χ3n) is 6.90. The lowest BCUT2D eigenvalue weighted by atomic mass is 9.87. The van der Waals surface area contributed by atoms with E-state index in [0.717, 1.165) is 66.9 Å². The van der Waals surface area contributed by atoms with E-state index < -0.39 is 5.60 Å². The van der Waals surface area contributed by atoms with E-state index in [0.29, 0.717) is 11.6 Å². The van der Waals surface area contributed by atoms with Crippen LogP contribution in [-0.2, 0) is 4.79 Å². The van der Waals surface area contributed by atoms with Crippen LogP contribution in [0.3, 0.4) is 0 Å². The van der Waals surface area contributed by atoms with Crippen LogP contribution in [-0.4, -0.2) is 39.7 Å². The normalized spacial score (nSPS) is 18.1. The number of hydrogen-bond donors (Lipinski definition) is 2. The van der Waals surface area contributed by atoms with Crippen molar-refractivity contribution in [2.75, 3.05) is 23.3 Å². The van der Waals surface area contributed by atoms with E-state index in [1.165, 1.54) is 5.56 Å². The lowest BCUT2D eigenvalue weighted by Gasteiger charge is -2.38.